The van der Waals surface area contributed by atoms with E-state index in [0.29, 0.717) is 5.56 Å². The first-order valence-corrected chi connectivity index (χ1v) is 8.08. The Morgan fingerprint density at radius 1 is 1.08 bits per heavy atom. The molecule has 1 heterocycles. The molecule has 2 amide bonds. The number of nitrogens with zero attached hydrogens (tertiary/aromatic N) is 1. The molecule has 2 N–H and O–H groups in total. The van der Waals surface area contributed by atoms with Crippen molar-refractivity contribution in [2.24, 2.45) is 0 Å². The predicted octanol–water partition coefficient (Wildman–Crippen LogP) is 3.64. The Hall–Kier alpha value is -2.73. The average Bonchev–Trinajstić information content (AvgIpc) is 2.80. The number of rotatable bonds is 3. The highest BCUT2D eigenvalue weighted by molar-refractivity contribution is 8.18. The summed E-state index contributed by atoms with van der Waals surface area (Å²) in [6.45, 7) is 2.18. The molecule has 2 aromatic rings. The van der Waals surface area contributed by atoms with Gasteiger partial charge in [-0.2, -0.15) is 0 Å². The summed E-state index contributed by atoms with van der Waals surface area (Å²) in [7, 11) is 0. The number of amides is 2. The normalized spacial score (nSPS) is 16.2. The molecule has 0 bridgehead atoms. The van der Waals surface area contributed by atoms with Crippen molar-refractivity contribution in [3.8, 4) is 11.5 Å². The molecule has 0 radical (unpaired) electrons. The number of phenols is 2. The Labute approximate surface area is 143 Å². The van der Waals surface area contributed by atoms with Crippen molar-refractivity contribution in [2.45, 2.75) is 13.5 Å². The van der Waals surface area contributed by atoms with Gasteiger partial charge >= 0.3 is 0 Å². The molecule has 1 aliphatic heterocycles. The Morgan fingerprint density at radius 3 is 2.46 bits per heavy atom. The number of thioether (sulfide) groups is 1. The van der Waals surface area contributed by atoms with Crippen molar-refractivity contribution >= 4 is 29.0 Å². The van der Waals surface area contributed by atoms with E-state index in [2.05, 4.69) is 0 Å². The molecule has 5 nitrogen and oxygen atoms in total. The number of hydrogen-bond donors (Lipinski definition) is 2. The Balaban J connectivity index is 1.83. The predicted molar refractivity (Wildman–Crippen MR) is 92.5 cm³/mol. The van der Waals surface area contributed by atoms with Gasteiger partial charge in [-0.05, 0) is 42.5 Å². The molecule has 0 saturated carbocycles. The van der Waals surface area contributed by atoms with E-state index in [-0.39, 0.29) is 28.2 Å². The maximum absolute atomic E-state index is 12.5. The van der Waals surface area contributed by atoms with Gasteiger partial charge in [-0.15, -0.1) is 0 Å². The van der Waals surface area contributed by atoms with Crippen LogP contribution in [0.4, 0.5) is 4.79 Å². The van der Waals surface area contributed by atoms with Crippen molar-refractivity contribution in [2.75, 3.05) is 0 Å². The number of aryl methyl sites for hydroxylation is 1. The van der Waals surface area contributed by atoms with Crippen molar-refractivity contribution in [1.29, 1.82) is 0 Å². The van der Waals surface area contributed by atoms with Gasteiger partial charge in [0.25, 0.3) is 11.1 Å². The minimum atomic E-state index is -0.391. The van der Waals surface area contributed by atoms with Crippen LogP contribution in [0.25, 0.3) is 6.08 Å². The lowest BCUT2D eigenvalue weighted by molar-refractivity contribution is -0.123. The molecule has 0 unspecified atom stereocenters. The molecule has 1 saturated heterocycles. The van der Waals surface area contributed by atoms with Crippen LogP contribution in [0.1, 0.15) is 16.7 Å². The highest BCUT2D eigenvalue weighted by atomic mass is 32.2. The molecule has 6 heteroatoms. The summed E-state index contributed by atoms with van der Waals surface area (Å²) >= 11 is 0.837. The summed E-state index contributed by atoms with van der Waals surface area (Å²) in [5.41, 5.74) is 2.35. The lowest BCUT2D eigenvalue weighted by Gasteiger charge is -2.12. The third-order valence-electron chi connectivity index (χ3n) is 3.64. The molecule has 24 heavy (non-hydrogen) atoms. The molecule has 0 aromatic heterocycles. The molecular weight excluding hydrogens is 326 g/mol. The summed E-state index contributed by atoms with van der Waals surface area (Å²) in [5.74, 6) is -0.615. The zero-order valence-corrected chi connectivity index (χ0v) is 13.7. The summed E-state index contributed by atoms with van der Waals surface area (Å²) < 4.78 is 0. The van der Waals surface area contributed by atoms with Crippen molar-refractivity contribution in [3.05, 3.63) is 64.1 Å². The van der Waals surface area contributed by atoms with E-state index in [1.807, 2.05) is 31.2 Å². The largest absolute Gasteiger partial charge is 0.508 e. The van der Waals surface area contributed by atoms with Gasteiger partial charge in [-0.1, -0.05) is 29.8 Å². The number of hydrogen-bond acceptors (Lipinski definition) is 5. The Bertz CT molecular complexity index is 843. The molecule has 0 aliphatic carbocycles. The minimum Gasteiger partial charge on any atom is -0.508 e. The quantitative estimate of drug-likeness (QED) is 0.833. The maximum atomic E-state index is 12.5. The number of carbonyl (C=O) groups excluding carboxylic acids is 2. The van der Waals surface area contributed by atoms with Crippen molar-refractivity contribution < 1.29 is 19.8 Å². The number of imide groups is 1. The number of aromatic hydroxyl groups is 2. The van der Waals surface area contributed by atoms with Gasteiger partial charge in [0, 0.05) is 11.6 Å². The molecule has 1 aliphatic rings. The van der Waals surface area contributed by atoms with E-state index in [1.54, 1.807) is 0 Å². The van der Waals surface area contributed by atoms with Gasteiger partial charge < -0.3 is 10.2 Å². The fourth-order valence-electron chi connectivity index (χ4n) is 2.31. The lowest BCUT2D eigenvalue weighted by atomic mass is 10.1. The fraction of sp³-hybridized carbons (Fsp3) is 0.111. The highest BCUT2D eigenvalue weighted by Crippen LogP contribution is 2.35. The lowest BCUT2D eigenvalue weighted by Crippen LogP contribution is -2.27. The number of carbonyl (C=O) groups is 2. The second-order valence-corrected chi connectivity index (χ2v) is 6.49. The first-order valence-electron chi connectivity index (χ1n) is 7.27. The van der Waals surface area contributed by atoms with E-state index in [0.717, 1.165) is 22.9 Å². The minimum absolute atomic E-state index is 0.0721. The van der Waals surface area contributed by atoms with Crippen LogP contribution in [0.5, 0.6) is 11.5 Å². The van der Waals surface area contributed by atoms with Crippen LogP contribution in [0, 0.1) is 6.92 Å². The first-order chi connectivity index (χ1) is 11.4. The molecule has 0 atom stereocenters. The third kappa shape index (κ3) is 3.28. The van der Waals surface area contributed by atoms with Crippen molar-refractivity contribution in [1.82, 2.24) is 4.90 Å². The van der Waals surface area contributed by atoms with Gasteiger partial charge in [0.05, 0.1) is 11.4 Å². The summed E-state index contributed by atoms with van der Waals surface area (Å²) in [4.78, 5) is 26.0. The molecule has 3 rings (SSSR count). The summed E-state index contributed by atoms with van der Waals surface area (Å²) in [6, 6.07) is 11.7. The second-order valence-electron chi connectivity index (χ2n) is 5.50. The van der Waals surface area contributed by atoms with Crippen LogP contribution in [0.2, 0.25) is 0 Å². The zero-order chi connectivity index (χ0) is 17.3. The fourth-order valence-corrected chi connectivity index (χ4v) is 3.14. The van der Waals surface area contributed by atoms with Crippen LogP contribution in [0.15, 0.2) is 47.4 Å². The van der Waals surface area contributed by atoms with Crippen LogP contribution < -0.4 is 0 Å². The maximum Gasteiger partial charge on any atom is 0.293 e. The second kappa shape index (κ2) is 6.41. The standard InChI is InChI=1S/C18H15NO4S/c1-11-2-4-12(5-3-11)10-19-17(22)16(24-18(19)23)8-13-6-7-14(20)9-15(13)21/h2-9,20-21H,10H2,1H3/b16-8-. The van der Waals surface area contributed by atoms with Gasteiger partial charge in [-0.25, -0.2) is 0 Å². The molecule has 0 spiro atoms. The van der Waals surface area contributed by atoms with Gasteiger partial charge in [-0.3, -0.25) is 14.5 Å². The molecular formula is C18H15NO4S. The van der Waals surface area contributed by atoms with Crippen molar-refractivity contribution in [3.63, 3.8) is 0 Å². The van der Waals surface area contributed by atoms with E-state index in [1.165, 1.54) is 29.2 Å². The summed E-state index contributed by atoms with van der Waals surface area (Å²) in [5, 5.41) is 18.8. The van der Waals surface area contributed by atoms with Gasteiger partial charge in [0.1, 0.15) is 11.5 Å². The highest BCUT2D eigenvalue weighted by Gasteiger charge is 2.35. The van der Waals surface area contributed by atoms with Crippen LogP contribution >= 0.6 is 11.8 Å². The molecule has 122 valence electrons. The smallest absolute Gasteiger partial charge is 0.293 e. The van der Waals surface area contributed by atoms with Gasteiger partial charge in [0.15, 0.2) is 0 Å². The number of benzene rings is 2. The molecule has 1 fully saturated rings. The van der Waals surface area contributed by atoms with E-state index >= 15 is 0 Å². The van der Waals surface area contributed by atoms with Crippen LogP contribution in [0.3, 0.4) is 0 Å². The van der Waals surface area contributed by atoms with E-state index < -0.39 is 5.91 Å². The average molecular weight is 341 g/mol. The number of phenolic OH excluding ortho intramolecular Hbond substituents is 2. The van der Waals surface area contributed by atoms with Crippen LogP contribution in [-0.2, 0) is 11.3 Å². The SMILES string of the molecule is Cc1ccc(CN2C(=O)S/C(=C\c3ccc(O)cc3O)C2=O)cc1. The topological polar surface area (TPSA) is 77.8 Å². The van der Waals surface area contributed by atoms with E-state index in [9.17, 15) is 19.8 Å². The monoisotopic (exact) mass is 341 g/mol. The first kappa shape index (κ1) is 16.1. The third-order valence-corrected chi connectivity index (χ3v) is 4.54. The Kier molecular flexibility index (Phi) is 4.31. The summed E-state index contributed by atoms with van der Waals surface area (Å²) in [6.07, 6.45) is 1.45. The Morgan fingerprint density at radius 2 is 1.79 bits per heavy atom. The van der Waals surface area contributed by atoms with E-state index in [4.69, 9.17) is 0 Å². The van der Waals surface area contributed by atoms with Gasteiger partial charge in [0.2, 0.25) is 0 Å². The zero-order valence-electron chi connectivity index (χ0n) is 12.9. The molecule has 2 aromatic carbocycles. The van der Waals surface area contributed by atoms with Crippen LogP contribution in [-0.4, -0.2) is 26.3 Å².